The van der Waals surface area contributed by atoms with Crippen molar-refractivity contribution in [3.8, 4) is 0 Å². The first kappa shape index (κ1) is 22.9. The first-order valence-electron chi connectivity index (χ1n) is 9.56. The number of rotatable bonds is 6. The molecule has 0 bridgehead atoms. The topological polar surface area (TPSA) is 49.3 Å². The molecule has 0 amide bonds. The van der Waals surface area contributed by atoms with Gasteiger partial charge in [0.15, 0.2) is 5.96 Å². The van der Waals surface area contributed by atoms with Gasteiger partial charge in [0.25, 0.3) is 0 Å². The van der Waals surface area contributed by atoms with Crippen molar-refractivity contribution in [3.63, 3.8) is 0 Å². The van der Waals surface area contributed by atoms with E-state index in [0.717, 1.165) is 58.4 Å². The first-order chi connectivity index (χ1) is 12.7. The molecule has 2 saturated heterocycles. The van der Waals surface area contributed by atoms with Crippen molar-refractivity contribution >= 4 is 41.3 Å². The predicted octanol–water partition coefficient (Wildman–Crippen LogP) is 2.67. The molecule has 2 aliphatic rings. The van der Waals surface area contributed by atoms with Gasteiger partial charge in [-0.25, -0.2) is 0 Å². The maximum Gasteiger partial charge on any atom is 0.193 e. The molecule has 3 atom stereocenters. The number of guanidine groups is 1. The zero-order valence-electron chi connectivity index (χ0n) is 16.6. The standard InChI is InChI=1S/C19H32N4O2S.HI/c1-15-12-23(7-9-25-15)17(18-5-4-10-26-18)11-21-19(20-2)22(3)13-16-6-8-24-14-16;/h4-5,10,15-17H,6-9,11-14H2,1-3H3,(H,20,21);1H. The van der Waals surface area contributed by atoms with Crippen LogP contribution in [0.1, 0.15) is 24.3 Å². The van der Waals surface area contributed by atoms with E-state index in [4.69, 9.17) is 9.47 Å². The first-order valence-corrected chi connectivity index (χ1v) is 10.4. The van der Waals surface area contributed by atoms with Crippen LogP contribution in [0.25, 0.3) is 0 Å². The fraction of sp³-hybridized carbons (Fsp3) is 0.737. The molecule has 0 saturated carbocycles. The number of nitrogens with one attached hydrogen (secondary N) is 1. The van der Waals surface area contributed by atoms with Crippen LogP contribution < -0.4 is 5.32 Å². The molecule has 0 aromatic carbocycles. The van der Waals surface area contributed by atoms with Crippen LogP contribution in [0.3, 0.4) is 0 Å². The lowest BCUT2D eigenvalue weighted by Gasteiger charge is -2.37. The Bertz CT molecular complexity index is 566. The quantitative estimate of drug-likeness (QED) is 0.364. The van der Waals surface area contributed by atoms with Gasteiger partial charge in [0.2, 0.25) is 0 Å². The Labute approximate surface area is 184 Å². The van der Waals surface area contributed by atoms with E-state index in [-0.39, 0.29) is 30.1 Å². The largest absolute Gasteiger partial charge is 0.381 e. The Balaban J connectivity index is 0.00000261. The van der Waals surface area contributed by atoms with Gasteiger partial charge in [-0.1, -0.05) is 6.07 Å². The van der Waals surface area contributed by atoms with Crippen molar-refractivity contribution in [3.05, 3.63) is 22.4 Å². The van der Waals surface area contributed by atoms with Gasteiger partial charge >= 0.3 is 0 Å². The highest BCUT2D eigenvalue weighted by Crippen LogP contribution is 2.26. The Morgan fingerprint density at radius 1 is 1.48 bits per heavy atom. The van der Waals surface area contributed by atoms with E-state index in [1.165, 1.54) is 4.88 Å². The summed E-state index contributed by atoms with van der Waals surface area (Å²) >= 11 is 1.83. The molecule has 3 unspecified atom stereocenters. The van der Waals surface area contributed by atoms with Crippen LogP contribution in [0.4, 0.5) is 0 Å². The molecule has 27 heavy (non-hydrogen) atoms. The number of halogens is 1. The maximum absolute atomic E-state index is 5.73. The molecule has 3 heterocycles. The molecule has 0 spiro atoms. The third-order valence-electron chi connectivity index (χ3n) is 5.17. The highest BCUT2D eigenvalue weighted by molar-refractivity contribution is 14.0. The molecule has 1 aromatic rings. The Morgan fingerprint density at radius 2 is 2.33 bits per heavy atom. The molecule has 6 nitrogen and oxygen atoms in total. The monoisotopic (exact) mass is 508 g/mol. The molecule has 0 radical (unpaired) electrons. The fourth-order valence-electron chi connectivity index (χ4n) is 3.79. The molecule has 1 N–H and O–H groups in total. The summed E-state index contributed by atoms with van der Waals surface area (Å²) in [4.78, 5) is 10.7. The van der Waals surface area contributed by atoms with Crippen molar-refractivity contribution in [1.82, 2.24) is 15.1 Å². The molecule has 8 heteroatoms. The number of thiophene rings is 1. The normalized spacial score (nSPS) is 25.1. The summed E-state index contributed by atoms with van der Waals surface area (Å²) in [6.07, 6.45) is 1.43. The smallest absolute Gasteiger partial charge is 0.193 e. The van der Waals surface area contributed by atoms with E-state index in [9.17, 15) is 0 Å². The molecule has 154 valence electrons. The maximum atomic E-state index is 5.73. The zero-order valence-corrected chi connectivity index (χ0v) is 19.7. The van der Waals surface area contributed by atoms with E-state index in [0.29, 0.717) is 12.0 Å². The third kappa shape index (κ3) is 6.56. The lowest BCUT2D eigenvalue weighted by Crippen LogP contribution is -2.48. The van der Waals surface area contributed by atoms with E-state index in [2.05, 4.69) is 51.6 Å². The number of morpholine rings is 1. The average Bonchev–Trinajstić information content (AvgIpc) is 3.32. The third-order valence-corrected chi connectivity index (χ3v) is 6.14. The summed E-state index contributed by atoms with van der Waals surface area (Å²) < 4.78 is 11.2. The Morgan fingerprint density at radius 3 is 2.96 bits per heavy atom. The highest BCUT2D eigenvalue weighted by atomic mass is 127. The minimum absolute atomic E-state index is 0. The highest BCUT2D eigenvalue weighted by Gasteiger charge is 2.27. The van der Waals surface area contributed by atoms with Crippen molar-refractivity contribution in [1.29, 1.82) is 0 Å². The molecule has 0 aliphatic carbocycles. The fourth-order valence-corrected chi connectivity index (χ4v) is 4.65. The van der Waals surface area contributed by atoms with E-state index >= 15 is 0 Å². The van der Waals surface area contributed by atoms with Crippen molar-refractivity contribution in [2.75, 3.05) is 60.1 Å². The van der Waals surface area contributed by atoms with Crippen LogP contribution in [0.15, 0.2) is 22.5 Å². The molecular weight excluding hydrogens is 475 g/mol. The van der Waals surface area contributed by atoms with E-state index < -0.39 is 0 Å². The second-order valence-electron chi connectivity index (χ2n) is 7.25. The minimum Gasteiger partial charge on any atom is -0.381 e. The second-order valence-corrected chi connectivity index (χ2v) is 8.23. The van der Waals surface area contributed by atoms with Gasteiger partial charge in [0, 0.05) is 57.7 Å². The number of aliphatic imine (C=N–C) groups is 1. The van der Waals surface area contributed by atoms with Gasteiger partial charge in [-0.3, -0.25) is 9.89 Å². The summed E-state index contributed by atoms with van der Waals surface area (Å²) in [5, 5.41) is 5.76. The minimum atomic E-state index is 0. The lowest BCUT2D eigenvalue weighted by molar-refractivity contribution is -0.0334. The van der Waals surface area contributed by atoms with Gasteiger partial charge in [-0.15, -0.1) is 35.3 Å². The summed E-state index contributed by atoms with van der Waals surface area (Å²) in [7, 11) is 3.98. The summed E-state index contributed by atoms with van der Waals surface area (Å²) in [6.45, 7) is 8.50. The van der Waals surface area contributed by atoms with Gasteiger partial charge in [-0.05, 0) is 24.8 Å². The van der Waals surface area contributed by atoms with E-state index in [1.54, 1.807) is 0 Å². The van der Waals surface area contributed by atoms with Crippen molar-refractivity contribution in [2.45, 2.75) is 25.5 Å². The van der Waals surface area contributed by atoms with Crippen molar-refractivity contribution < 1.29 is 9.47 Å². The number of hydrogen-bond donors (Lipinski definition) is 1. The van der Waals surface area contributed by atoms with Gasteiger partial charge < -0.3 is 19.7 Å². The van der Waals surface area contributed by atoms with E-state index in [1.807, 2.05) is 18.4 Å². The molecular formula is C19H33IN4O2S. The zero-order chi connectivity index (χ0) is 18.4. The Kier molecular flexibility index (Phi) is 9.78. The van der Waals surface area contributed by atoms with Crippen molar-refractivity contribution in [2.24, 2.45) is 10.9 Å². The van der Waals surface area contributed by atoms with Crippen LogP contribution in [-0.2, 0) is 9.47 Å². The van der Waals surface area contributed by atoms with Crippen LogP contribution in [0.5, 0.6) is 0 Å². The number of ether oxygens (including phenoxy) is 2. The molecule has 1 aromatic heterocycles. The van der Waals surface area contributed by atoms with Crippen LogP contribution >= 0.6 is 35.3 Å². The summed E-state index contributed by atoms with van der Waals surface area (Å²) in [5.41, 5.74) is 0. The van der Waals surface area contributed by atoms with Crippen LogP contribution in [0, 0.1) is 5.92 Å². The SMILES string of the molecule is CN=C(NCC(c1cccs1)N1CCOC(C)C1)N(C)CC1CCOC1.I. The van der Waals surface area contributed by atoms with Gasteiger partial charge in [0.1, 0.15) is 0 Å². The van der Waals surface area contributed by atoms with Crippen LogP contribution in [0.2, 0.25) is 0 Å². The predicted molar refractivity (Wildman–Crippen MR) is 122 cm³/mol. The number of hydrogen-bond acceptors (Lipinski definition) is 5. The summed E-state index contributed by atoms with van der Waals surface area (Å²) in [5.74, 6) is 1.56. The summed E-state index contributed by atoms with van der Waals surface area (Å²) in [6, 6.07) is 4.72. The molecule has 2 aliphatic heterocycles. The average molecular weight is 508 g/mol. The van der Waals surface area contributed by atoms with Gasteiger partial charge in [-0.2, -0.15) is 0 Å². The number of nitrogens with zero attached hydrogens (tertiary/aromatic N) is 3. The van der Waals surface area contributed by atoms with Gasteiger partial charge in [0.05, 0.1) is 25.4 Å². The molecule has 3 rings (SSSR count). The lowest BCUT2D eigenvalue weighted by atomic mass is 10.1. The molecule has 2 fully saturated rings. The van der Waals surface area contributed by atoms with Crippen LogP contribution in [-0.4, -0.2) is 82.0 Å². The second kappa shape index (κ2) is 11.5. The Hall–Kier alpha value is -0.420.